The van der Waals surface area contributed by atoms with E-state index < -0.39 is 0 Å². The van der Waals surface area contributed by atoms with Gasteiger partial charge in [-0.05, 0) is 25.4 Å². The molecule has 0 aliphatic carbocycles. The van der Waals surface area contributed by atoms with Gasteiger partial charge in [0, 0.05) is 31.3 Å². The first-order chi connectivity index (χ1) is 9.56. The minimum Gasteiger partial charge on any atom is -0.497 e. The fourth-order valence-corrected chi connectivity index (χ4v) is 2.14. The van der Waals surface area contributed by atoms with Gasteiger partial charge in [0.1, 0.15) is 5.75 Å². The molecule has 20 heavy (non-hydrogen) atoms. The summed E-state index contributed by atoms with van der Waals surface area (Å²) in [4.78, 5) is 14.0. The Morgan fingerprint density at radius 1 is 1.45 bits per heavy atom. The van der Waals surface area contributed by atoms with E-state index in [4.69, 9.17) is 10.5 Å². The van der Waals surface area contributed by atoms with Crippen LogP contribution in [0.1, 0.15) is 6.42 Å². The number of nitrogens with two attached hydrogens (primary N) is 1. The van der Waals surface area contributed by atoms with Crippen LogP contribution in [0.4, 0.5) is 11.4 Å². The summed E-state index contributed by atoms with van der Waals surface area (Å²) in [6.45, 7) is 1.72. The number of nitrogen functional groups attached to an aromatic ring is 1. The van der Waals surface area contributed by atoms with Gasteiger partial charge in [0.25, 0.3) is 0 Å². The van der Waals surface area contributed by atoms with E-state index in [2.05, 4.69) is 16.5 Å². The quantitative estimate of drug-likeness (QED) is 0.717. The minimum absolute atomic E-state index is 0.0298. The second kappa shape index (κ2) is 8.71. The maximum atomic E-state index is 11.9. The SMILES string of the molecule is COc1ccc(NC(=O)CCN(C)CCSC)c(N)c1. The number of carbonyl (C=O) groups excluding carboxylic acids is 1. The van der Waals surface area contributed by atoms with Crippen molar-refractivity contribution in [3.05, 3.63) is 18.2 Å². The van der Waals surface area contributed by atoms with Crippen LogP contribution in [-0.2, 0) is 4.79 Å². The number of methoxy groups -OCH3 is 1. The molecule has 5 nitrogen and oxygen atoms in total. The summed E-state index contributed by atoms with van der Waals surface area (Å²) in [7, 11) is 3.60. The normalized spacial score (nSPS) is 10.6. The summed E-state index contributed by atoms with van der Waals surface area (Å²) >= 11 is 1.80. The summed E-state index contributed by atoms with van der Waals surface area (Å²) < 4.78 is 5.07. The van der Waals surface area contributed by atoms with Crippen LogP contribution in [0.15, 0.2) is 18.2 Å². The lowest BCUT2D eigenvalue weighted by Crippen LogP contribution is -2.26. The first-order valence-electron chi connectivity index (χ1n) is 6.47. The minimum atomic E-state index is -0.0298. The number of benzene rings is 1. The number of ether oxygens (including phenoxy) is 1. The maximum absolute atomic E-state index is 11.9. The average molecular weight is 297 g/mol. The smallest absolute Gasteiger partial charge is 0.225 e. The Hall–Kier alpha value is -1.40. The van der Waals surface area contributed by atoms with E-state index in [1.807, 2.05) is 7.05 Å². The third-order valence-electron chi connectivity index (χ3n) is 2.93. The maximum Gasteiger partial charge on any atom is 0.225 e. The zero-order valence-electron chi connectivity index (χ0n) is 12.3. The Morgan fingerprint density at radius 2 is 2.20 bits per heavy atom. The summed E-state index contributed by atoms with van der Waals surface area (Å²) in [5.41, 5.74) is 6.99. The van der Waals surface area contributed by atoms with Gasteiger partial charge >= 0.3 is 0 Å². The number of hydrogen-bond donors (Lipinski definition) is 2. The Bertz CT molecular complexity index is 440. The van der Waals surface area contributed by atoms with Crippen LogP contribution in [0.3, 0.4) is 0 Å². The Morgan fingerprint density at radius 3 is 2.80 bits per heavy atom. The van der Waals surface area contributed by atoms with Gasteiger partial charge in [-0.15, -0.1) is 0 Å². The van der Waals surface area contributed by atoms with Crippen molar-refractivity contribution in [1.82, 2.24) is 4.90 Å². The molecule has 0 bridgehead atoms. The van der Waals surface area contributed by atoms with E-state index in [1.165, 1.54) is 0 Å². The number of nitrogens with one attached hydrogen (secondary N) is 1. The van der Waals surface area contributed by atoms with E-state index in [-0.39, 0.29) is 5.91 Å². The van der Waals surface area contributed by atoms with Crippen LogP contribution < -0.4 is 15.8 Å². The van der Waals surface area contributed by atoms with Crippen molar-refractivity contribution in [3.8, 4) is 5.75 Å². The van der Waals surface area contributed by atoms with Crippen LogP contribution in [-0.4, -0.2) is 50.1 Å². The molecule has 6 heteroatoms. The molecule has 1 rings (SSSR count). The van der Waals surface area contributed by atoms with Gasteiger partial charge in [-0.25, -0.2) is 0 Å². The second-order valence-electron chi connectivity index (χ2n) is 4.55. The molecule has 112 valence electrons. The van der Waals surface area contributed by atoms with E-state index in [1.54, 1.807) is 37.1 Å². The summed E-state index contributed by atoms with van der Waals surface area (Å²) in [6, 6.07) is 5.22. The lowest BCUT2D eigenvalue weighted by molar-refractivity contribution is -0.116. The molecule has 1 aromatic rings. The van der Waals surface area contributed by atoms with Crippen molar-refractivity contribution >= 4 is 29.0 Å². The molecule has 0 fully saturated rings. The van der Waals surface area contributed by atoms with E-state index in [0.717, 1.165) is 18.8 Å². The van der Waals surface area contributed by atoms with Gasteiger partial charge in [0.15, 0.2) is 0 Å². The molecule has 1 amide bonds. The van der Waals surface area contributed by atoms with Crippen LogP contribution >= 0.6 is 11.8 Å². The highest BCUT2D eigenvalue weighted by Crippen LogP contribution is 2.24. The zero-order chi connectivity index (χ0) is 15.0. The van der Waals surface area contributed by atoms with Gasteiger partial charge in [-0.3, -0.25) is 4.79 Å². The van der Waals surface area contributed by atoms with Crippen LogP contribution in [0, 0.1) is 0 Å². The van der Waals surface area contributed by atoms with Crippen molar-refractivity contribution in [2.75, 3.05) is 50.3 Å². The molecule has 0 spiro atoms. The fourth-order valence-electron chi connectivity index (χ4n) is 1.65. The van der Waals surface area contributed by atoms with Crippen LogP contribution in [0.2, 0.25) is 0 Å². The predicted octanol–water partition coefficient (Wildman–Crippen LogP) is 1.90. The second-order valence-corrected chi connectivity index (χ2v) is 5.53. The highest BCUT2D eigenvalue weighted by Gasteiger charge is 2.07. The Balaban J connectivity index is 2.42. The number of thioether (sulfide) groups is 1. The molecule has 0 saturated heterocycles. The number of hydrogen-bond acceptors (Lipinski definition) is 5. The highest BCUT2D eigenvalue weighted by molar-refractivity contribution is 7.98. The fraction of sp³-hybridized carbons (Fsp3) is 0.500. The topological polar surface area (TPSA) is 67.6 Å². The van der Waals surface area contributed by atoms with Gasteiger partial charge in [-0.1, -0.05) is 0 Å². The van der Waals surface area contributed by atoms with Gasteiger partial charge in [0.2, 0.25) is 5.91 Å². The monoisotopic (exact) mass is 297 g/mol. The van der Waals surface area contributed by atoms with E-state index in [0.29, 0.717) is 23.5 Å². The number of amides is 1. The Labute approximate surface area is 124 Å². The largest absolute Gasteiger partial charge is 0.497 e. The Kier molecular flexibility index (Phi) is 7.25. The number of carbonyl (C=O) groups is 1. The summed E-state index contributed by atoms with van der Waals surface area (Å²) in [5, 5.41) is 2.82. The average Bonchev–Trinajstić information content (AvgIpc) is 2.45. The summed E-state index contributed by atoms with van der Waals surface area (Å²) in [6.07, 6.45) is 2.53. The van der Waals surface area contributed by atoms with Crippen molar-refractivity contribution in [2.24, 2.45) is 0 Å². The van der Waals surface area contributed by atoms with Crippen molar-refractivity contribution in [2.45, 2.75) is 6.42 Å². The molecule has 0 heterocycles. The number of rotatable bonds is 8. The van der Waals surface area contributed by atoms with Crippen LogP contribution in [0.5, 0.6) is 5.75 Å². The molecule has 3 N–H and O–H groups in total. The lowest BCUT2D eigenvalue weighted by atomic mass is 10.2. The van der Waals surface area contributed by atoms with Crippen molar-refractivity contribution in [1.29, 1.82) is 0 Å². The molecular weight excluding hydrogens is 274 g/mol. The summed E-state index contributed by atoms with van der Waals surface area (Å²) in [5.74, 6) is 1.72. The van der Waals surface area contributed by atoms with Crippen molar-refractivity contribution in [3.63, 3.8) is 0 Å². The number of nitrogens with zero attached hydrogens (tertiary/aromatic N) is 1. The molecule has 0 saturated carbocycles. The van der Waals surface area contributed by atoms with Crippen molar-refractivity contribution < 1.29 is 9.53 Å². The predicted molar refractivity (Wildman–Crippen MR) is 86.5 cm³/mol. The van der Waals surface area contributed by atoms with Gasteiger partial charge in [0.05, 0.1) is 18.5 Å². The molecule has 0 aromatic heterocycles. The zero-order valence-corrected chi connectivity index (χ0v) is 13.1. The van der Waals surface area contributed by atoms with Crippen LogP contribution in [0.25, 0.3) is 0 Å². The van der Waals surface area contributed by atoms with Gasteiger partial charge < -0.3 is 20.7 Å². The molecule has 0 radical (unpaired) electrons. The molecule has 1 aromatic carbocycles. The first kappa shape index (κ1) is 16.7. The van der Waals surface area contributed by atoms with Gasteiger partial charge in [-0.2, -0.15) is 11.8 Å². The molecule has 0 aliphatic heterocycles. The van der Waals surface area contributed by atoms with E-state index >= 15 is 0 Å². The molecular formula is C14H23N3O2S. The number of anilines is 2. The lowest BCUT2D eigenvalue weighted by Gasteiger charge is -2.16. The highest BCUT2D eigenvalue weighted by atomic mass is 32.2. The standard InChI is InChI=1S/C14H23N3O2S/c1-17(8-9-20-3)7-6-14(18)16-13-5-4-11(19-2)10-12(13)15/h4-5,10H,6-9,15H2,1-3H3,(H,16,18). The van der Waals surface area contributed by atoms with E-state index in [9.17, 15) is 4.79 Å². The first-order valence-corrected chi connectivity index (χ1v) is 7.87. The molecule has 0 aliphatic rings. The molecule has 0 atom stereocenters. The third-order valence-corrected chi connectivity index (χ3v) is 3.52. The third kappa shape index (κ3) is 5.71. The molecule has 0 unspecified atom stereocenters.